The van der Waals surface area contributed by atoms with E-state index < -0.39 is 0 Å². The molecule has 0 radical (unpaired) electrons. The van der Waals surface area contributed by atoms with Crippen LogP contribution in [0.3, 0.4) is 0 Å². The number of para-hydroxylation sites is 1. The number of methoxy groups -OCH3 is 1. The summed E-state index contributed by atoms with van der Waals surface area (Å²) in [6.07, 6.45) is 2.06. The number of anilines is 1. The van der Waals surface area contributed by atoms with Crippen LogP contribution in [0.5, 0.6) is 5.75 Å². The molecule has 0 bridgehead atoms. The smallest absolute Gasteiger partial charge is 0.323 e. The zero-order valence-electron chi connectivity index (χ0n) is 18.2. The fourth-order valence-electron chi connectivity index (χ4n) is 4.43. The molecule has 0 aliphatic carbocycles. The van der Waals surface area contributed by atoms with Crippen molar-refractivity contribution in [1.82, 2.24) is 9.47 Å². The van der Waals surface area contributed by atoms with E-state index in [1.807, 2.05) is 66.4 Å². The van der Waals surface area contributed by atoms with E-state index in [-0.39, 0.29) is 12.1 Å². The highest BCUT2D eigenvalue weighted by Gasteiger charge is 2.33. The van der Waals surface area contributed by atoms with E-state index in [0.29, 0.717) is 18.0 Å². The summed E-state index contributed by atoms with van der Waals surface area (Å²) < 4.78 is 7.68. The molecule has 2 heterocycles. The number of rotatable bonds is 3. The van der Waals surface area contributed by atoms with Gasteiger partial charge in [-0.15, -0.1) is 0 Å². The number of amides is 2. The van der Waals surface area contributed by atoms with Crippen molar-refractivity contribution in [2.24, 2.45) is 0 Å². The summed E-state index contributed by atoms with van der Waals surface area (Å²) in [6.45, 7) is 2.48. The summed E-state index contributed by atoms with van der Waals surface area (Å²) in [5.41, 5.74) is 6.01. The van der Waals surface area contributed by atoms with Gasteiger partial charge in [-0.1, -0.05) is 54.6 Å². The Balaban J connectivity index is 1.62. The molecular weight excluding hydrogens is 398 g/mol. The number of carbonyl (C=O) groups excluding carboxylic acids is 1. The van der Waals surface area contributed by atoms with Crippen molar-refractivity contribution in [2.75, 3.05) is 12.4 Å². The molecule has 0 spiro atoms. The van der Waals surface area contributed by atoms with Crippen LogP contribution in [0.1, 0.15) is 28.4 Å². The van der Waals surface area contributed by atoms with E-state index in [1.165, 1.54) is 0 Å². The summed E-state index contributed by atoms with van der Waals surface area (Å²) in [7, 11) is 1.61. The van der Waals surface area contributed by atoms with Gasteiger partial charge in [-0.25, -0.2) is 4.79 Å². The fraction of sp³-hybridized carbons (Fsp3) is 0.148. The minimum Gasteiger partial charge on any atom is -0.495 e. The number of aryl methyl sites for hydroxylation is 1. The molecule has 1 N–H and O–H groups in total. The first-order valence-corrected chi connectivity index (χ1v) is 10.7. The number of urea groups is 1. The van der Waals surface area contributed by atoms with E-state index in [2.05, 4.69) is 46.4 Å². The van der Waals surface area contributed by atoms with Crippen LogP contribution < -0.4 is 10.1 Å². The molecule has 1 aromatic heterocycles. The second-order valence-electron chi connectivity index (χ2n) is 8.01. The highest BCUT2D eigenvalue weighted by atomic mass is 16.5. The third-order valence-electron chi connectivity index (χ3n) is 5.94. The SMILES string of the molecule is COc1ccc(C)cc1NC(=O)N1Cc2ccccc2-n2cccc2[C@H]1c1ccccc1. The fourth-order valence-corrected chi connectivity index (χ4v) is 4.43. The van der Waals surface area contributed by atoms with Crippen LogP contribution in [0.2, 0.25) is 0 Å². The molecule has 5 rings (SSSR count). The normalized spacial score (nSPS) is 14.8. The Hall–Kier alpha value is -3.99. The van der Waals surface area contributed by atoms with Gasteiger partial charge in [-0.3, -0.25) is 0 Å². The third-order valence-corrected chi connectivity index (χ3v) is 5.94. The van der Waals surface area contributed by atoms with Gasteiger partial charge in [0, 0.05) is 11.9 Å². The Morgan fingerprint density at radius 2 is 1.75 bits per heavy atom. The number of fused-ring (bicyclic) bond motifs is 3. The molecule has 160 valence electrons. The summed E-state index contributed by atoms with van der Waals surface area (Å²) >= 11 is 0. The van der Waals surface area contributed by atoms with Crippen LogP contribution in [0.15, 0.2) is 91.1 Å². The topological polar surface area (TPSA) is 46.5 Å². The molecular formula is C27H25N3O2. The minimum atomic E-state index is -0.241. The highest BCUT2D eigenvalue weighted by molar-refractivity contribution is 5.92. The first-order valence-electron chi connectivity index (χ1n) is 10.7. The number of ether oxygens (including phenoxy) is 1. The van der Waals surface area contributed by atoms with E-state index in [9.17, 15) is 4.79 Å². The van der Waals surface area contributed by atoms with Gasteiger partial charge in [-0.2, -0.15) is 0 Å². The number of hydrogen-bond acceptors (Lipinski definition) is 2. The number of carbonyl (C=O) groups is 1. The largest absolute Gasteiger partial charge is 0.495 e. The van der Waals surface area contributed by atoms with Gasteiger partial charge >= 0.3 is 6.03 Å². The van der Waals surface area contributed by atoms with Gasteiger partial charge in [0.05, 0.1) is 31.1 Å². The molecule has 4 aromatic rings. The maximum Gasteiger partial charge on any atom is 0.323 e. The second kappa shape index (κ2) is 8.27. The lowest BCUT2D eigenvalue weighted by Gasteiger charge is -2.31. The Bertz CT molecular complexity index is 1260. The van der Waals surface area contributed by atoms with E-state index in [1.54, 1.807) is 7.11 Å². The van der Waals surface area contributed by atoms with Gasteiger partial charge in [0.25, 0.3) is 0 Å². The average Bonchev–Trinajstić information content (AvgIpc) is 3.24. The number of hydrogen-bond donors (Lipinski definition) is 1. The summed E-state index contributed by atoms with van der Waals surface area (Å²) in [5, 5.41) is 3.11. The first-order chi connectivity index (χ1) is 15.7. The van der Waals surface area contributed by atoms with Crippen LogP contribution in [0, 0.1) is 6.92 Å². The van der Waals surface area contributed by atoms with E-state index in [0.717, 1.165) is 28.1 Å². The Morgan fingerprint density at radius 1 is 0.969 bits per heavy atom. The minimum absolute atomic E-state index is 0.174. The molecule has 1 aliphatic heterocycles. The van der Waals surface area contributed by atoms with Crippen molar-refractivity contribution in [1.29, 1.82) is 0 Å². The van der Waals surface area contributed by atoms with Crippen molar-refractivity contribution in [3.8, 4) is 11.4 Å². The summed E-state index contributed by atoms with van der Waals surface area (Å²) in [6, 6.07) is 27.9. The molecule has 0 saturated heterocycles. The molecule has 0 saturated carbocycles. The van der Waals surface area contributed by atoms with Crippen LogP contribution in [-0.4, -0.2) is 22.6 Å². The van der Waals surface area contributed by atoms with Gasteiger partial charge in [-0.05, 0) is 53.9 Å². The maximum atomic E-state index is 13.8. The lowest BCUT2D eigenvalue weighted by molar-refractivity contribution is 0.194. The van der Waals surface area contributed by atoms with Gasteiger partial charge in [0.15, 0.2) is 0 Å². The van der Waals surface area contributed by atoms with Crippen molar-refractivity contribution < 1.29 is 9.53 Å². The Kier molecular flexibility index (Phi) is 5.15. The first kappa shape index (κ1) is 19.9. The van der Waals surface area contributed by atoms with Gasteiger partial charge in [0.1, 0.15) is 5.75 Å². The van der Waals surface area contributed by atoms with Crippen LogP contribution in [0.4, 0.5) is 10.5 Å². The van der Waals surface area contributed by atoms with Crippen molar-refractivity contribution in [3.05, 3.63) is 114 Å². The van der Waals surface area contributed by atoms with E-state index in [4.69, 9.17) is 4.74 Å². The molecule has 0 unspecified atom stereocenters. The standard InChI is InChI=1S/C27H25N3O2/c1-19-14-15-25(32-2)22(17-19)28-27(31)30-18-21-11-6-7-12-23(21)29-16-8-13-24(29)26(30)20-9-4-3-5-10-20/h3-17,26H,18H2,1-2H3,(H,28,31)/t26-/m1/s1. The van der Waals surface area contributed by atoms with Crippen molar-refractivity contribution in [2.45, 2.75) is 19.5 Å². The maximum absolute atomic E-state index is 13.8. The monoisotopic (exact) mass is 423 g/mol. The molecule has 5 heteroatoms. The molecule has 5 nitrogen and oxygen atoms in total. The Morgan fingerprint density at radius 3 is 2.56 bits per heavy atom. The molecule has 0 fully saturated rings. The van der Waals surface area contributed by atoms with Crippen LogP contribution in [0.25, 0.3) is 5.69 Å². The van der Waals surface area contributed by atoms with Gasteiger partial charge in [0.2, 0.25) is 0 Å². The second-order valence-corrected chi connectivity index (χ2v) is 8.01. The summed E-state index contributed by atoms with van der Waals surface area (Å²) in [5.74, 6) is 0.638. The molecule has 1 atom stereocenters. The Labute approximate surface area is 187 Å². The number of nitrogens with one attached hydrogen (secondary N) is 1. The lowest BCUT2D eigenvalue weighted by Crippen LogP contribution is -2.38. The average molecular weight is 424 g/mol. The zero-order valence-corrected chi connectivity index (χ0v) is 18.2. The highest BCUT2D eigenvalue weighted by Crippen LogP contribution is 2.37. The molecule has 2 amide bonds. The predicted molar refractivity (Wildman–Crippen MR) is 126 cm³/mol. The number of benzene rings is 3. The third kappa shape index (κ3) is 3.52. The lowest BCUT2D eigenvalue weighted by atomic mass is 10.0. The molecule has 1 aliphatic rings. The van der Waals surface area contributed by atoms with Crippen molar-refractivity contribution in [3.63, 3.8) is 0 Å². The van der Waals surface area contributed by atoms with Crippen molar-refractivity contribution >= 4 is 11.7 Å². The predicted octanol–water partition coefficient (Wildman–Crippen LogP) is 5.93. The molecule has 3 aromatic carbocycles. The van der Waals surface area contributed by atoms with E-state index >= 15 is 0 Å². The number of aromatic nitrogens is 1. The molecule has 32 heavy (non-hydrogen) atoms. The van der Waals surface area contributed by atoms with Crippen LogP contribution >= 0.6 is 0 Å². The summed E-state index contributed by atoms with van der Waals surface area (Å²) in [4.78, 5) is 15.7. The number of nitrogens with zero attached hydrogens (tertiary/aromatic N) is 2. The van der Waals surface area contributed by atoms with Crippen LogP contribution in [-0.2, 0) is 6.54 Å². The zero-order chi connectivity index (χ0) is 22.1. The quantitative estimate of drug-likeness (QED) is 0.444. The van der Waals surface area contributed by atoms with Gasteiger partial charge < -0.3 is 19.5 Å².